The largest absolute Gasteiger partial charge is 0.431 e. The SMILES string of the molecule is CC(Sc1nc2ccccc2o1)C(=O)n1c2ccccc2c2ccccc21. The van der Waals surface area contributed by atoms with E-state index in [0.29, 0.717) is 5.22 Å². The molecule has 0 aliphatic carbocycles. The van der Waals surface area contributed by atoms with E-state index in [1.807, 2.05) is 72.2 Å². The minimum absolute atomic E-state index is 0.0136. The van der Waals surface area contributed by atoms with Gasteiger partial charge in [-0.1, -0.05) is 60.3 Å². The van der Waals surface area contributed by atoms with E-state index in [1.54, 1.807) is 0 Å². The minimum Gasteiger partial charge on any atom is -0.431 e. The van der Waals surface area contributed by atoms with Crippen LogP contribution >= 0.6 is 11.8 Å². The Morgan fingerprint density at radius 1 is 0.926 bits per heavy atom. The fourth-order valence-corrected chi connectivity index (χ4v) is 4.24. The van der Waals surface area contributed by atoms with Crippen molar-refractivity contribution < 1.29 is 9.21 Å². The van der Waals surface area contributed by atoms with Gasteiger partial charge in [0.1, 0.15) is 5.52 Å². The number of hydrogen-bond donors (Lipinski definition) is 0. The highest BCUT2D eigenvalue weighted by molar-refractivity contribution is 8.00. The molecule has 0 radical (unpaired) electrons. The van der Waals surface area contributed by atoms with E-state index in [-0.39, 0.29) is 11.2 Å². The Labute approximate surface area is 159 Å². The Morgan fingerprint density at radius 3 is 2.19 bits per heavy atom. The molecule has 5 aromatic rings. The van der Waals surface area contributed by atoms with Gasteiger partial charge in [0, 0.05) is 10.8 Å². The summed E-state index contributed by atoms with van der Waals surface area (Å²) in [6, 6.07) is 23.6. The van der Waals surface area contributed by atoms with Crippen molar-refractivity contribution in [1.82, 2.24) is 9.55 Å². The number of carbonyl (C=O) groups excluding carboxylic acids is 1. The summed E-state index contributed by atoms with van der Waals surface area (Å²) in [5, 5.41) is 2.34. The van der Waals surface area contributed by atoms with Crippen LogP contribution in [-0.2, 0) is 0 Å². The summed E-state index contributed by atoms with van der Waals surface area (Å²) in [5.41, 5.74) is 3.38. The average Bonchev–Trinajstić information content (AvgIpc) is 3.25. The van der Waals surface area contributed by atoms with Crippen LogP contribution in [0.5, 0.6) is 0 Å². The highest BCUT2D eigenvalue weighted by atomic mass is 32.2. The predicted octanol–water partition coefficient (Wildman–Crippen LogP) is 5.76. The molecule has 5 heteroatoms. The zero-order chi connectivity index (χ0) is 18.4. The molecule has 0 aliphatic heterocycles. The molecule has 0 saturated carbocycles. The summed E-state index contributed by atoms with van der Waals surface area (Å²) in [6.07, 6.45) is 0. The highest BCUT2D eigenvalue weighted by Gasteiger charge is 2.23. The van der Waals surface area contributed by atoms with Crippen molar-refractivity contribution in [2.75, 3.05) is 0 Å². The minimum atomic E-state index is -0.336. The first-order valence-electron chi connectivity index (χ1n) is 8.77. The lowest BCUT2D eigenvalue weighted by atomic mass is 10.2. The highest BCUT2D eigenvalue weighted by Crippen LogP contribution is 2.32. The van der Waals surface area contributed by atoms with Gasteiger partial charge in [-0.2, -0.15) is 0 Å². The molecule has 2 aromatic heterocycles. The lowest BCUT2D eigenvalue weighted by molar-refractivity contribution is 0.0925. The molecular weight excluding hydrogens is 356 g/mol. The Kier molecular flexibility index (Phi) is 3.76. The van der Waals surface area contributed by atoms with Gasteiger partial charge in [-0.3, -0.25) is 9.36 Å². The number of fused-ring (bicyclic) bond motifs is 4. The summed E-state index contributed by atoms with van der Waals surface area (Å²) in [7, 11) is 0. The van der Waals surface area contributed by atoms with Crippen LogP contribution in [0.4, 0.5) is 0 Å². The van der Waals surface area contributed by atoms with E-state index in [0.717, 1.165) is 32.9 Å². The van der Waals surface area contributed by atoms with Crippen molar-refractivity contribution in [2.24, 2.45) is 0 Å². The van der Waals surface area contributed by atoms with Crippen molar-refractivity contribution in [3.8, 4) is 0 Å². The van der Waals surface area contributed by atoms with Crippen LogP contribution in [0.3, 0.4) is 0 Å². The maximum absolute atomic E-state index is 13.3. The molecule has 5 rings (SSSR count). The number of carbonyl (C=O) groups is 1. The van der Waals surface area contributed by atoms with E-state index >= 15 is 0 Å². The Hall–Kier alpha value is -3.05. The zero-order valence-corrected chi connectivity index (χ0v) is 15.4. The molecule has 27 heavy (non-hydrogen) atoms. The smallest absolute Gasteiger partial charge is 0.257 e. The molecule has 0 N–H and O–H groups in total. The molecule has 2 heterocycles. The fraction of sp³-hybridized carbons (Fsp3) is 0.0909. The Balaban J connectivity index is 1.56. The second kappa shape index (κ2) is 6.28. The molecule has 0 spiro atoms. The number of thioether (sulfide) groups is 1. The van der Waals surface area contributed by atoms with E-state index in [4.69, 9.17) is 4.42 Å². The van der Waals surface area contributed by atoms with E-state index < -0.39 is 0 Å². The maximum atomic E-state index is 13.3. The summed E-state index contributed by atoms with van der Waals surface area (Å²) in [6.45, 7) is 1.89. The number of hydrogen-bond acceptors (Lipinski definition) is 4. The van der Waals surface area contributed by atoms with Gasteiger partial charge in [0.15, 0.2) is 5.58 Å². The maximum Gasteiger partial charge on any atom is 0.257 e. The number of oxazole rings is 1. The number of benzene rings is 3. The molecule has 4 nitrogen and oxygen atoms in total. The van der Waals surface area contributed by atoms with Crippen molar-refractivity contribution in [2.45, 2.75) is 17.4 Å². The van der Waals surface area contributed by atoms with Crippen LogP contribution in [0.2, 0.25) is 0 Å². The molecular formula is C22H16N2O2S. The number of aromatic nitrogens is 2. The fourth-order valence-electron chi connectivity index (χ4n) is 3.44. The topological polar surface area (TPSA) is 48.0 Å². The normalized spacial score (nSPS) is 12.8. The van der Waals surface area contributed by atoms with Gasteiger partial charge >= 0.3 is 0 Å². The molecule has 0 amide bonds. The van der Waals surface area contributed by atoms with Crippen molar-refractivity contribution >= 4 is 50.6 Å². The van der Waals surface area contributed by atoms with Gasteiger partial charge in [-0.25, -0.2) is 4.98 Å². The molecule has 1 unspecified atom stereocenters. The van der Waals surface area contributed by atoms with E-state index in [1.165, 1.54) is 11.8 Å². The van der Waals surface area contributed by atoms with Gasteiger partial charge in [0.05, 0.1) is 16.3 Å². The van der Waals surface area contributed by atoms with Crippen LogP contribution < -0.4 is 0 Å². The van der Waals surface area contributed by atoms with Crippen LogP contribution in [0.15, 0.2) is 82.4 Å². The second-order valence-corrected chi connectivity index (χ2v) is 7.71. The summed E-state index contributed by atoms with van der Waals surface area (Å²) in [5.74, 6) is 0.0136. The van der Waals surface area contributed by atoms with Crippen molar-refractivity contribution in [1.29, 1.82) is 0 Å². The first-order chi connectivity index (χ1) is 13.2. The molecule has 3 aromatic carbocycles. The third kappa shape index (κ3) is 2.62. The quantitative estimate of drug-likeness (QED) is 0.378. The average molecular weight is 372 g/mol. The summed E-state index contributed by atoms with van der Waals surface area (Å²) >= 11 is 1.34. The van der Waals surface area contributed by atoms with Crippen LogP contribution in [0, 0.1) is 0 Å². The molecule has 0 fully saturated rings. The van der Waals surface area contributed by atoms with Crippen molar-refractivity contribution in [3.05, 3.63) is 72.8 Å². The second-order valence-electron chi connectivity index (χ2n) is 6.42. The van der Waals surface area contributed by atoms with Gasteiger partial charge in [-0.05, 0) is 31.2 Å². The molecule has 0 bridgehead atoms. The van der Waals surface area contributed by atoms with Crippen molar-refractivity contribution in [3.63, 3.8) is 0 Å². The van der Waals surface area contributed by atoms with Crippen LogP contribution in [-0.4, -0.2) is 20.7 Å². The molecule has 0 aliphatic rings. The molecule has 0 saturated heterocycles. The van der Waals surface area contributed by atoms with Gasteiger partial charge in [0.25, 0.3) is 5.22 Å². The van der Waals surface area contributed by atoms with E-state index in [9.17, 15) is 4.79 Å². The Morgan fingerprint density at radius 2 is 1.52 bits per heavy atom. The van der Waals surface area contributed by atoms with E-state index in [2.05, 4.69) is 17.1 Å². The summed E-state index contributed by atoms with van der Waals surface area (Å²) < 4.78 is 7.58. The first-order valence-corrected chi connectivity index (χ1v) is 9.65. The molecule has 1 atom stereocenters. The third-order valence-electron chi connectivity index (χ3n) is 4.70. The lowest BCUT2D eigenvalue weighted by Crippen LogP contribution is -2.21. The number of para-hydroxylation sites is 4. The lowest BCUT2D eigenvalue weighted by Gasteiger charge is -2.11. The monoisotopic (exact) mass is 372 g/mol. The van der Waals surface area contributed by atoms with Gasteiger partial charge < -0.3 is 4.42 Å². The summed E-state index contributed by atoms with van der Waals surface area (Å²) in [4.78, 5) is 17.8. The standard InChI is InChI=1S/C22H16N2O2S/c1-14(27-22-23-17-10-4-7-13-20(17)26-22)21(25)24-18-11-5-2-8-15(18)16-9-3-6-12-19(16)24/h2-14H,1H3. The zero-order valence-electron chi connectivity index (χ0n) is 14.6. The van der Waals surface area contributed by atoms with Crippen LogP contribution in [0.1, 0.15) is 11.7 Å². The number of rotatable bonds is 3. The Bertz CT molecular complexity index is 1220. The van der Waals surface area contributed by atoms with Crippen LogP contribution in [0.25, 0.3) is 32.9 Å². The molecule has 132 valence electrons. The first kappa shape index (κ1) is 16.1. The predicted molar refractivity (Wildman–Crippen MR) is 109 cm³/mol. The number of nitrogens with zero attached hydrogens (tertiary/aromatic N) is 2. The van der Waals surface area contributed by atoms with Gasteiger partial charge in [0.2, 0.25) is 5.91 Å². The third-order valence-corrected chi connectivity index (χ3v) is 5.63. The van der Waals surface area contributed by atoms with Gasteiger partial charge in [-0.15, -0.1) is 0 Å².